The van der Waals surface area contributed by atoms with Gasteiger partial charge in [-0.1, -0.05) is 24.3 Å². The van der Waals surface area contributed by atoms with Gasteiger partial charge in [0.05, 0.1) is 18.1 Å². The lowest BCUT2D eigenvalue weighted by Gasteiger charge is -2.24. The van der Waals surface area contributed by atoms with Gasteiger partial charge in [-0.05, 0) is 66.5 Å². The fourth-order valence-electron chi connectivity index (χ4n) is 3.24. The largest absolute Gasteiger partial charge is 0.508 e. The third-order valence-corrected chi connectivity index (χ3v) is 4.85. The summed E-state index contributed by atoms with van der Waals surface area (Å²) in [5.74, 6) is 0.0519. The molecule has 150 valence electrons. The number of pyridine rings is 1. The topological polar surface area (TPSA) is 86.7 Å². The van der Waals surface area contributed by atoms with E-state index in [2.05, 4.69) is 11.6 Å². The maximum absolute atomic E-state index is 10.7. The van der Waals surface area contributed by atoms with E-state index in [4.69, 9.17) is 4.42 Å². The van der Waals surface area contributed by atoms with Crippen LogP contribution in [-0.4, -0.2) is 26.4 Å². The Kier molecular flexibility index (Phi) is 7.00. The molecule has 0 bridgehead atoms. The Labute approximate surface area is 170 Å². The maximum Gasteiger partial charge on any atom is 0.132 e. The van der Waals surface area contributed by atoms with Gasteiger partial charge >= 0.3 is 0 Å². The molecule has 0 aliphatic rings. The van der Waals surface area contributed by atoms with E-state index >= 15 is 0 Å². The van der Waals surface area contributed by atoms with Gasteiger partial charge in [-0.25, -0.2) is 0 Å². The highest BCUT2D eigenvalue weighted by Gasteiger charge is 2.27. The monoisotopic (exact) mass is 391 g/mol. The van der Waals surface area contributed by atoms with Crippen molar-refractivity contribution in [2.75, 3.05) is 0 Å². The highest BCUT2D eigenvalue weighted by molar-refractivity contribution is 5.80. The van der Waals surface area contributed by atoms with Gasteiger partial charge in [-0.2, -0.15) is 0 Å². The second-order valence-electron chi connectivity index (χ2n) is 6.86. The number of aromatic nitrogens is 1. The molecule has 5 nitrogen and oxygen atoms in total. The van der Waals surface area contributed by atoms with Crippen LogP contribution in [0.2, 0.25) is 0 Å². The number of benzene rings is 1. The minimum absolute atomic E-state index is 0.206. The number of hydrogen-bond donors (Lipinski definition) is 3. The molecule has 0 fully saturated rings. The molecular formula is C24H25NO4. The number of allylic oxidation sites excluding steroid dienone is 1. The number of furan rings is 1. The summed E-state index contributed by atoms with van der Waals surface area (Å²) >= 11 is 0. The standard InChI is InChI=1S/C24H25NO4/c1-2-20(24(28)23-7-5-15-29-23)22(27)13-10-18(21-6-3-4-14-25-21)16-17-8-11-19(26)12-9-17/h2-9,11-12,14-16,20,22,24,26-28H,1,10,13H2/b18-16-/t20-,22-,24+/m1/s1. The summed E-state index contributed by atoms with van der Waals surface area (Å²) in [6, 6.07) is 16.0. The predicted octanol–water partition coefficient (Wildman–Crippen LogP) is 4.60. The van der Waals surface area contributed by atoms with E-state index in [-0.39, 0.29) is 5.75 Å². The molecule has 3 N–H and O–H groups in total. The molecule has 3 atom stereocenters. The Balaban J connectivity index is 1.77. The van der Waals surface area contributed by atoms with Gasteiger partial charge in [-0.15, -0.1) is 6.58 Å². The van der Waals surface area contributed by atoms with E-state index in [9.17, 15) is 15.3 Å². The van der Waals surface area contributed by atoms with E-state index in [0.717, 1.165) is 16.8 Å². The SMILES string of the molecule is C=C[C@H]([C@H](O)CC/C(=C/c1ccc(O)cc1)c1ccccn1)[C@H](O)c1ccco1. The van der Waals surface area contributed by atoms with Crippen molar-refractivity contribution in [3.05, 3.63) is 96.7 Å². The summed E-state index contributed by atoms with van der Waals surface area (Å²) in [6.07, 6.45) is 5.95. The quantitative estimate of drug-likeness (QED) is 0.464. The molecule has 0 amide bonds. The Hall–Kier alpha value is -3.15. The van der Waals surface area contributed by atoms with Crippen molar-refractivity contribution in [3.8, 4) is 5.75 Å². The molecular weight excluding hydrogens is 366 g/mol. The molecule has 0 unspecified atom stereocenters. The van der Waals surface area contributed by atoms with Crippen molar-refractivity contribution >= 4 is 11.6 Å². The second kappa shape index (κ2) is 9.87. The summed E-state index contributed by atoms with van der Waals surface area (Å²) in [7, 11) is 0. The Morgan fingerprint density at radius 2 is 1.86 bits per heavy atom. The van der Waals surface area contributed by atoms with Crippen LogP contribution in [0.3, 0.4) is 0 Å². The smallest absolute Gasteiger partial charge is 0.132 e. The first-order chi connectivity index (χ1) is 14.1. The van der Waals surface area contributed by atoms with E-state index < -0.39 is 18.1 Å². The van der Waals surface area contributed by atoms with Gasteiger partial charge in [0.1, 0.15) is 17.6 Å². The van der Waals surface area contributed by atoms with Gasteiger partial charge in [0.2, 0.25) is 0 Å². The molecule has 2 aromatic heterocycles. The van der Waals surface area contributed by atoms with Gasteiger partial charge in [-0.3, -0.25) is 4.98 Å². The molecule has 29 heavy (non-hydrogen) atoms. The molecule has 0 aliphatic heterocycles. The van der Waals surface area contributed by atoms with Gasteiger partial charge < -0.3 is 19.7 Å². The summed E-state index contributed by atoms with van der Waals surface area (Å²) in [6.45, 7) is 3.76. The Morgan fingerprint density at radius 1 is 1.07 bits per heavy atom. The van der Waals surface area contributed by atoms with Gasteiger partial charge in [0, 0.05) is 12.1 Å². The zero-order valence-corrected chi connectivity index (χ0v) is 16.1. The van der Waals surface area contributed by atoms with Gasteiger partial charge in [0.15, 0.2) is 0 Å². The van der Waals surface area contributed by atoms with Crippen molar-refractivity contribution in [2.45, 2.75) is 25.0 Å². The summed E-state index contributed by atoms with van der Waals surface area (Å²) < 4.78 is 5.26. The minimum atomic E-state index is -0.961. The van der Waals surface area contributed by atoms with Crippen LogP contribution in [0, 0.1) is 5.92 Å². The van der Waals surface area contributed by atoms with E-state index in [0.29, 0.717) is 18.6 Å². The third-order valence-electron chi connectivity index (χ3n) is 4.85. The van der Waals surface area contributed by atoms with Crippen LogP contribution in [0.1, 0.15) is 36.0 Å². The lowest BCUT2D eigenvalue weighted by Crippen LogP contribution is -2.25. The normalized spacial score (nSPS) is 14.9. The van der Waals surface area contributed by atoms with Crippen LogP contribution in [-0.2, 0) is 0 Å². The fraction of sp³-hybridized carbons (Fsp3) is 0.208. The number of nitrogens with zero attached hydrogens (tertiary/aromatic N) is 1. The molecule has 0 saturated heterocycles. The lowest BCUT2D eigenvalue weighted by molar-refractivity contribution is 0.0214. The van der Waals surface area contributed by atoms with Crippen molar-refractivity contribution in [1.29, 1.82) is 0 Å². The number of aromatic hydroxyl groups is 1. The molecule has 3 aromatic rings. The van der Waals surface area contributed by atoms with E-state index in [1.54, 1.807) is 36.5 Å². The summed E-state index contributed by atoms with van der Waals surface area (Å²) in [4.78, 5) is 4.43. The zero-order valence-electron chi connectivity index (χ0n) is 16.1. The number of aliphatic hydroxyl groups excluding tert-OH is 2. The highest BCUT2D eigenvalue weighted by Crippen LogP contribution is 2.30. The van der Waals surface area contributed by atoms with Crippen LogP contribution in [0.5, 0.6) is 5.75 Å². The molecule has 0 radical (unpaired) electrons. The molecule has 2 heterocycles. The van der Waals surface area contributed by atoms with Crippen LogP contribution >= 0.6 is 0 Å². The highest BCUT2D eigenvalue weighted by atomic mass is 16.4. The minimum Gasteiger partial charge on any atom is -0.508 e. The fourth-order valence-corrected chi connectivity index (χ4v) is 3.24. The average molecular weight is 391 g/mol. The number of phenolic OH excluding ortho intramolecular Hbond substituents is 1. The van der Waals surface area contributed by atoms with Crippen molar-refractivity contribution in [3.63, 3.8) is 0 Å². The van der Waals surface area contributed by atoms with Crippen molar-refractivity contribution in [2.24, 2.45) is 5.92 Å². The van der Waals surface area contributed by atoms with Crippen LogP contribution in [0.4, 0.5) is 0 Å². The van der Waals surface area contributed by atoms with Gasteiger partial charge in [0.25, 0.3) is 0 Å². The van der Waals surface area contributed by atoms with Crippen molar-refractivity contribution in [1.82, 2.24) is 4.98 Å². The first-order valence-corrected chi connectivity index (χ1v) is 9.51. The van der Waals surface area contributed by atoms with E-state index in [1.807, 2.05) is 36.4 Å². The third kappa shape index (κ3) is 5.44. The first-order valence-electron chi connectivity index (χ1n) is 9.51. The molecule has 5 heteroatoms. The van der Waals surface area contributed by atoms with Crippen LogP contribution in [0.25, 0.3) is 11.6 Å². The number of aliphatic hydroxyl groups is 2. The summed E-state index contributed by atoms with van der Waals surface area (Å²) in [5, 5.41) is 30.7. The number of phenols is 1. The Morgan fingerprint density at radius 3 is 2.48 bits per heavy atom. The lowest BCUT2D eigenvalue weighted by atomic mass is 9.89. The van der Waals surface area contributed by atoms with Crippen LogP contribution in [0.15, 0.2) is 84.1 Å². The molecule has 1 aromatic carbocycles. The molecule has 0 aliphatic carbocycles. The predicted molar refractivity (Wildman–Crippen MR) is 113 cm³/mol. The molecule has 0 saturated carbocycles. The maximum atomic E-state index is 10.7. The zero-order chi connectivity index (χ0) is 20.6. The molecule has 3 rings (SSSR count). The van der Waals surface area contributed by atoms with Crippen LogP contribution < -0.4 is 0 Å². The average Bonchev–Trinajstić information content (AvgIpc) is 3.28. The second-order valence-corrected chi connectivity index (χ2v) is 6.86. The van der Waals surface area contributed by atoms with Crippen molar-refractivity contribution < 1.29 is 19.7 Å². The Bertz CT molecular complexity index is 917. The molecule has 0 spiro atoms. The first kappa shape index (κ1) is 20.6. The summed E-state index contributed by atoms with van der Waals surface area (Å²) in [5.41, 5.74) is 2.69. The van der Waals surface area contributed by atoms with E-state index in [1.165, 1.54) is 6.26 Å². The number of rotatable bonds is 9. The number of hydrogen-bond acceptors (Lipinski definition) is 5.